The Balaban J connectivity index is 1.75. The van der Waals surface area contributed by atoms with Gasteiger partial charge < -0.3 is 5.11 Å². The van der Waals surface area contributed by atoms with Gasteiger partial charge in [0, 0.05) is 35.8 Å². The predicted molar refractivity (Wildman–Crippen MR) is 90.1 cm³/mol. The van der Waals surface area contributed by atoms with E-state index in [1.54, 1.807) is 12.1 Å². The first-order valence-electron chi connectivity index (χ1n) is 7.41. The van der Waals surface area contributed by atoms with Crippen molar-refractivity contribution in [2.24, 2.45) is 0 Å². The van der Waals surface area contributed by atoms with Gasteiger partial charge in [0.05, 0.1) is 5.56 Å². The second-order valence-electron chi connectivity index (χ2n) is 5.55. The number of carboxylic acid groups (broad SMARTS) is 1. The molecule has 0 aliphatic carbocycles. The molecule has 0 amide bonds. The molecule has 1 aliphatic rings. The van der Waals surface area contributed by atoms with E-state index in [1.807, 2.05) is 42.1 Å². The van der Waals surface area contributed by atoms with Gasteiger partial charge in [-0.05, 0) is 35.4 Å². The van der Waals surface area contributed by atoms with Crippen LogP contribution in [0.4, 0.5) is 0 Å². The summed E-state index contributed by atoms with van der Waals surface area (Å²) in [5, 5.41) is 8.95. The molecule has 1 heterocycles. The highest BCUT2D eigenvalue weighted by molar-refractivity contribution is 7.99. The highest BCUT2D eigenvalue weighted by Crippen LogP contribution is 2.28. The molecule has 118 valence electrons. The maximum absolute atomic E-state index is 11.0. The lowest BCUT2D eigenvalue weighted by atomic mass is 10.1. The van der Waals surface area contributed by atoms with Crippen LogP contribution in [0.2, 0.25) is 0 Å². The summed E-state index contributed by atoms with van der Waals surface area (Å²) in [5.41, 5.74) is 3.28. The number of carbonyl (C=O) groups is 2. The van der Waals surface area contributed by atoms with Crippen LogP contribution in [0.15, 0.2) is 47.4 Å². The van der Waals surface area contributed by atoms with E-state index in [2.05, 4.69) is 4.90 Å². The second kappa shape index (κ2) is 6.98. The SMILES string of the molecule is O=Cc1ccc2c(c1)CN(Cc1ccc(C(=O)O)cc1)CCS2. The van der Waals surface area contributed by atoms with Gasteiger partial charge >= 0.3 is 5.97 Å². The van der Waals surface area contributed by atoms with E-state index in [4.69, 9.17) is 5.11 Å². The topological polar surface area (TPSA) is 57.6 Å². The largest absolute Gasteiger partial charge is 0.478 e. The van der Waals surface area contributed by atoms with Crippen LogP contribution in [0, 0.1) is 0 Å². The highest BCUT2D eigenvalue weighted by Gasteiger charge is 2.15. The Bertz CT molecular complexity index is 728. The van der Waals surface area contributed by atoms with Crippen LogP contribution < -0.4 is 0 Å². The first-order valence-corrected chi connectivity index (χ1v) is 8.40. The zero-order valence-corrected chi connectivity index (χ0v) is 13.4. The van der Waals surface area contributed by atoms with E-state index in [-0.39, 0.29) is 0 Å². The van der Waals surface area contributed by atoms with Crippen LogP contribution >= 0.6 is 11.8 Å². The Morgan fingerprint density at radius 2 is 2.00 bits per heavy atom. The van der Waals surface area contributed by atoms with E-state index in [1.165, 1.54) is 10.5 Å². The zero-order valence-electron chi connectivity index (χ0n) is 12.6. The Morgan fingerprint density at radius 1 is 1.22 bits per heavy atom. The Labute approximate surface area is 139 Å². The van der Waals surface area contributed by atoms with Gasteiger partial charge in [0.1, 0.15) is 6.29 Å². The molecule has 2 aromatic rings. The summed E-state index contributed by atoms with van der Waals surface area (Å²) in [7, 11) is 0. The third-order valence-electron chi connectivity index (χ3n) is 3.89. The van der Waals surface area contributed by atoms with Gasteiger partial charge in [0.25, 0.3) is 0 Å². The van der Waals surface area contributed by atoms with Crippen LogP contribution in [-0.4, -0.2) is 34.6 Å². The predicted octanol–water partition coefficient (Wildman–Crippen LogP) is 3.31. The van der Waals surface area contributed by atoms with Crippen LogP contribution in [-0.2, 0) is 13.1 Å². The summed E-state index contributed by atoms with van der Waals surface area (Å²) in [5.74, 6) is 0.0960. The Hall–Kier alpha value is -2.11. The minimum absolute atomic E-state index is 0.307. The molecule has 0 saturated heterocycles. The second-order valence-corrected chi connectivity index (χ2v) is 6.68. The number of rotatable bonds is 4. The molecule has 0 unspecified atom stereocenters. The molecule has 0 saturated carbocycles. The first-order chi connectivity index (χ1) is 11.2. The molecule has 3 rings (SSSR count). The van der Waals surface area contributed by atoms with Gasteiger partial charge in [0.15, 0.2) is 0 Å². The molecule has 5 heteroatoms. The summed E-state index contributed by atoms with van der Waals surface area (Å²) < 4.78 is 0. The molecular weight excluding hydrogens is 310 g/mol. The van der Waals surface area contributed by atoms with Crippen LogP contribution in [0.5, 0.6) is 0 Å². The van der Waals surface area contributed by atoms with E-state index < -0.39 is 5.97 Å². The summed E-state index contributed by atoms with van der Waals surface area (Å²) in [4.78, 5) is 25.4. The van der Waals surface area contributed by atoms with Crippen molar-refractivity contribution in [2.45, 2.75) is 18.0 Å². The van der Waals surface area contributed by atoms with Crippen LogP contribution in [0.25, 0.3) is 0 Å². The minimum atomic E-state index is -0.905. The quantitative estimate of drug-likeness (QED) is 0.873. The van der Waals surface area contributed by atoms with Crippen molar-refractivity contribution in [3.8, 4) is 0 Å². The number of carboxylic acids is 1. The highest BCUT2D eigenvalue weighted by atomic mass is 32.2. The van der Waals surface area contributed by atoms with Gasteiger partial charge in [-0.3, -0.25) is 9.69 Å². The lowest BCUT2D eigenvalue weighted by Gasteiger charge is -2.20. The van der Waals surface area contributed by atoms with Crippen molar-refractivity contribution in [3.05, 3.63) is 64.7 Å². The molecule has 0 bridgehead atoms. The number of aromatic carboxylic acids is 1. The Kier molecular flexibility index (Phi) is 4.79. The molecule has 0 atom stereocenters. The van der Waals surface area contributed by atoms with Gasteiger partial charge in [-0.25, -0.2) is 4.79 Å². The number of benzene rings is 2. The van der Waals surface area contributed by atoms with E-state index in [0.717, 1.165) is 37.2 Å². The summed E-state index contributed by atoms with van der Waals surface area (Å²) in [6.07, 6.45) is 0.880. The number of aldehydes is 1. The Morgan fingerprint density at radius 3 is 2.70 bits per heavy atom. The van der Waals surface area contributed by atoms with E-state index in [0.29, 0.717) is 11.1 Å². The molecule has 0 radical (unpaired) electrons. The molecular formula is C18H17NO3S. The van der Waals surface area contributed by atoms with E-state index >= 15 is 0 Å². The van der Waals surface area contributed by atoms with Crippen molar-refractivity contribution < 1.29 is 14.7 Å². The maximum Gasteiger partial charge on any atom is 0.335 e. The maximum atomic E-state index is 11.0. The number of fused-ring (bicyclic) bond motifs is 1. The smallest absolute Gasteiger partial charge is 0.335 e. The van der Waals surface area contributed by atoms with Gasteiger partial charge in [-0.15, -0.1) is 11.8 Å². The number of hydrogen-bond acceptors (Lipinski definition) is 4. The van der Waals surface area contributed by atoms with Gasteiger partial charge in [-0.2, -0.15) is 0 Å². The molecule has 1 aliphatic heterocycles. The molecule has 0 spiro atoms. The molecule has 0 aromatic heterocycles. The van der Waals surface area contributed by atoms with Crippen LogP contribution in [0.3, 0.4) is 0 Å². The average Bonchev–Trinajstić information content (AvgIpc) is 2.76. The van der Waals surface area contributed by atoms with Crippen molar-refractivity contribution in [1.82, 2.24) is 4.90 Å². The molecule has 2 aromatic carbocycles. The fourth-order valence-corrected chi connectivity index (χ4v) is 3.73. The molecule has 4 nitrogen and oxygen atoms in total. The van der Waals surface area contributed by atoms with Crippen LogP contribution in [0.1, 0.15) is 31.8 Å². The summed E-state index contributed by atoms with van der Waals surface area (Å²) in [6.45, 7) is 2.52. The summed E-state index contributed by atoms with van der Waals surface area (Å²) in [6, 6.07) is 12.9. The zero-order chi connectivity index (χ0) is 16.2. The third kappa shape index (κ3) is 3.81. The minimum Gasteiger partial charge on any atom is -0.478 e. The third-order valence-corrected chi connectivity index (χ3v) is 4.98. The van der Waals surface area contributed by atoms with Gasteiger partial charge in [-0.1, -0.05) is 18.2 Å². The van der Waals surface area contributed by atoms with E-state index in [9.17, 15) is 9.59 Å². The van der Waals surface area contributed by atoms with Crippen molar-refractivity contribution in [1.29, 1.82) is 0 Å². The molecule has 0 fully saturated rings. The lowest BCUT2D eigenvalue weighted by molar-refractivity contribution is 0.0696. The number of thioether (sulfide) groups is 1. The number of hydrogen-bond donors (Lipinski definition) is 1. The number of nitrogens with zero attached hydrogens (tertiary/aromatic N) is 1. The molecule has 1 N–H and O–H groups in total. The summed E-state index contributed by atoms with van der Waals surface area (Å²) >= 11 is 1.81. The van der Waals surface area contributed by atoms with Crippen molar-refractivity contribution in [2.75, 3.05) is 12.3 Å². The average molecular weight is 327 g/mol. The monoisotopic (exact) mass is 327 g/mol. The first kappa shape index (κ1) is 15.8. The lowest BCUT2D eigenvalue weighted by Crippen LogP contribution is -2.24. The number of carbonyl (C=O) groups excluding carboxylic acids is 1. The normalized spacial score (nSPS) is 14.8. The fraction of sp³-hybridized carbons (Fsp3) is 0.222. The van der Waals surface area contributed by atoms with Crippen molar-refractivity contribution in [3.63, 3.8) is 0 Å². The van der Waals surface area contributed by atoms with Crippen molar-refractivity contribution >= 4 is 24.0 Å². The standard InChI is InChI=1S/C18H17NO3S/c20-12-14-3-6-17-16(9-14)11-19(7-8-23-17)10-13-1-4-15(5-2-13)18(21)22/h1-6,9,12H,7-8,10-11H2,(H,21,22). The van der Waals surface area contributed by atoms with Gasteiger partial charge in [0.2, 0.25) is 0 Å². The molecule has 23 heavy (non-hydrogen) atoms. The fourth-order valence-electron chi connectivity index (χ4n) is 2.69.